The summed E-state index contributed by atoms with van der Waals surface area (Å²) < 4.78 is 6.99. The Morgan fingerprint density at radius 3 is 2.59 bits per heavy atom. The van der Waals surface area contributed by atoms with E-state index in [1.165, 1.54) is 0 Å². The summed E-state index contributed by atoms with van der Waals surface area (Å²) in [5.41, 5.74) is 2.94. The number of nitrogens with zero attached hydrogens (tertiary/aromatic N) is 2. The highest BCUT2D eigenvalue weighted by molar-refractivity contribution is 6.09. The van der Waals surface area contributed by atoms with Crippen LogP contribution in [-0.2, 0) is 7.05 Å². The Morgan fingerprint density at radius 1 is 1.15 bits per heavy atom. The predicted molar refractivity (Wildman–Crippen MR) is 106 cm³/mol. The van der Waals surface area contributed by atoms with Crippen molar-refractivity contribution in [3.8, 4) is 5.75 Å². The van der Waals surface area contributed by atoms with Crippen LogP contribution in [-0.4, -0.2) is 27.7 Å². The van der Waals surface area contributed by atoms with E-state index in [0.717, 1.165) is 22.8 Å². The Balaban J connectivity index is 1.92. The first-order chi connectivity index (χ1) is 13.1. The summed E-state index contributed by atoms with van der Waals surface area (Å²) in [6.45, 7) is 1.91. The van der Waals surface area contributed by atoms with E-state index in [-0.39, 0.29) is 5.78 Å². The summed E-state index contributed by atoms with van der Waals surface area (Å²) in [6, 6.07) is 15.0. The van der Waals surface area contributed by atoms with Crippen molar-refractivity contribution >= 4 is 17.3 Å². The molecule has 27 heavy (non-hydrogen) atoms. The zero-order valence-electron chi connectivity index (χ0n) is 15.6. The second kappa shape index (κ2) is 8.23. The minimum atomic E-state index is -0.0716. The van der Waals surface area contributed by atoms with Gasteiger partial charge in [-0.3, -0.25) is 14.5 Å². The van der Waals surface area contributed by atoms with Crippen LogP contribution in [0.3, 0.4) is 0 Å². The molecule has 0 atom stereocenters. The predicted octanol–water partition coefficient (Wildman–Crippen LogP) is 4.16. The minimum absolute atomic E-state index is 0.0716. The van der Waals surface area contributed by atoms with E-state index in [1.807, 2.05) is 55.1 Å². The van der Waals surface area contributed by atoms with Crippen molar-refractivity contribution in [2.24, 2.45) is 7.05 Å². The van der Waals surface area contributed by atoms with E-state index in [9.17, 15) is 4.79 Å². The third kappa shape index (κ3) is 4.36. The Labute approximate surface area is 158 Å². The number of rotatable bonds is 5. The molecule has 1 aromatic carbocycles. The number of H-pyrrole nitrogens is 1. The number of methoxy groups -OCH3 is 1. The average molecular weight is 362 g/mol. The molecule has 6 nitrogen and oxygen atoms in total. The molecule has 3 aromatic rings. The van der Waals surface area contributed by atoms with Crippen molar-refractivity contribution in [2.75, 3.05) is 12.4 Å². The molecule has 2 heterocycles. The number of carbonyl (C=O) groups is 1. The molecule has 0 saturated carbocycles. The second-order valence-electron chi connectivity index (χ2n) is 6.07. The van der Waals surface area contributed by atoms with Crippen LogP contribution in [0.1, 0.15) is 21.5 Å². The van der Waals surface area contributed by atoms with Crippen molar-refractivity contribution in [2.45, 2.75) is 6.92 Å². The summed E-state index contributed by atoms with van der Waals surface area (Å²) in [5.74, 6) is 1.57. The number of ketones is 1. The maximum Gasteiger partial charge on any atom is 0.196 e. The van der Waals surface area contributed by atoms with Crippen LogP contribution in [0.4, 0.5) is 11.5 Å². The molecule has 138 valence electrons. The van der Waals surface area contributed by atoms with E-state index in [1.54, 1.807) is 37.8 Å². The smallest absolute Gasteiger partial charge is 0.196 e. The number of hydrogen-bond acceptors (Lipinski definition) is 4. The monoisotopic (exact) mass is 362 g/mol. The van der Waals surface area contributed by atoms with Gasteiger partial charge in [-0.25, -0.2) is 0 Å². The van der Waals surface area contributed by atoms with Gasteiger partial charge in [0.15, 0.2) is 5.78 Å². The van der Waals surface area contributed by atoms with Crippen LogP contribution in [0.15, 0.2) is 67.1 Å². The van der Waals surface area contributed by atoms with Crippen LogP contribution < -0.4 is 10.1 Å². The van der Waals surface area contributed by atoms with Crippen molar-refractivity contribution in [3.63, 3.8) is 0 Å². The summed E-state index contributed by atoms with van der Waals surface area (Å²) in [7, 11) is 3.52. The van der Waals surface area contributed by atoms with Crippen LogP contribution in [0.2, 0.25) is 0 Å². The fraction of sp³-hybridized carbons (Fsp3) is 0.143. The van der Waals surface area contributed by atoms with Gasteiger partial charge in [0.05, 0.1) is 7.11 Å². The van der Waals surface area contributed by atoms with Gasteiger partial charge in [-0.2, -0.15) is 0 Å². The molecule has 0 radical (unpaired) electrons. The SMILES string of the molecule is COc1ccc(Nc2ccc(C)c(C(=O)c3cccnc3)c[nH]n2C)cc1. The number of benzene rings is 1. The number of nitrogens with one attached hydrogen (secondary N) is 2. The lowest BCUT2D eigenvalue weighted by atomic mass is 10.0. The highest BCUT2D eigenvalue weighted by Gasteiger charge is 2.11. The number of aromatic nitrogens is 3. The number of hydrogen-bond donors (Lipinski definition) is 2. The Hall–Kier alpha value is -3.54. The van der Waals surface area contributed by atoms with Gasteiger partial charge in [0.25, 0.3) is 0 Å². The molecular weight excluding hydrogens is 340 g/mol. The molecule has 2 aromatic heterocycles. The number of aryl methyl sites for hydroxylation is 2. The summed E-state index contributed by atoms with van der Waals surface area (Å²) in [6.07, 6.45) is 4.94. The van der Waals surface area contributed by atoms with Gasteiger partial charge >= 0.3 is 0 Å². The first-order valence-electron chi connectivity index (χ1n) is 8.53. The van der Waals surface area contributed by atoms with Crippen molar-refractivity contribution in [3.05, 3.63) is 83.8 Å². The molecule has 3 rings (SSSR count). The van der Waals surface area contributed by atoms with Crippen LogP contribution >= 0.6 is 0 Å². The fourth-order valence-electron chi connectivity index (χ4n) is 2.60. The van der Waals surface area contributed by atoms with E-state index in [2.05, 4.69) is 15.4 Å². The number of pyridine rings is 1. The largest absolute Gasteiger partial charge is 0.497 e. The van der Waals surface area contributed by atoms with Gasteiger partial charge < -0.3 is 15.2 Å². The molecule has 0 saturated heterocycles. The van der Waals surface area contributed by atoms with E-state index in [4.69, 9.17) is 4.74 Å². The zero-order chi connectivity index (χ0) is 19.2. The van der Waals surface area contributed by atoms with Gasteiger partial charge in [0.1, 0.15) is 11.6 Å². The lowest BCUT2D eigenvalue weighted by Crippen LogP contribution is -2.07. The molecule has 0 spiro atoms. The van der Waals surface area contributed by atoms with Crippen molar-refractivity contribution < 1.29 is 9.53 Å². The minimum Gasteiger partial charge on any atom is -0.497 e. The highest BCUT2D eigenvalue weighted by atomic mass is 16.5. The third-order valence-corrected chi connectivity index (χ3v) is 4.21. The molecule has 2 N–H and O–H groups in total. The molecule has 0 unspecified atom stereocenters. The number of aromatic amines is 1. The maximum atomic E-state index is 12.8. The van der Waals surface area contributed by atoms with Gasteiger partial charge in [-0.1, -0.05) is 6.07 Å². The lowest BCUT2D eigenvalue weighted by molar-refractivity contribution is 0.103. The van der Waals surface area contributed by atoms with Crippen LogP contribution in [0.25, 0.3) is 0 Å². The van der Waals surface area contributed by atoms with Gasteiger partial charge in [-0.15, -0.1) is 0 Å². The molecule has 0 fully saturated rings. The molecule has 6 heteroatoms. The molecular formula is C21H22N4O2. The summed E-state index contributed by atoms with van der Waals surface area (Å²) in [5, 5.41) is 6.49. The average Bonchev–Trinajstić information content (AvgIpc) is 2.71. The molecule has 0 aliphatic heterocycles. The van der Waals surface area contributed by atoms with Crippen LogP contribution in [0, 0.1) is 6.92 Å². The number of ether oxygens (including phenoxy) is 1. The molecule has 0 aliphatic carbocycles. The molecule has 0 bridgehead atoms. The maximum absolute atomic E-state index is 12.8. The van der Waals surface area contributed by atoms with Gasteiger partial charge in [-0.05, 0) is 55.0 Å². The number of anilines is 2. The van der Waals surface area contributed by atoms with Gasteiger partial charge in [0.2, 0.25) is 0 Å². The van der Waals surface area contributed by atoms with Crippen molar-refractivity contribution in [1.29, 1.82) is 0 Å². The highest BCUT2D eigenvalue weighted by Crippen LogP contribution is 2.19. The topological polar surface area (TPSA) is 71.9 Å². The third-order valence-electron chi connectivity index (χ3n) is 4.21. The van der Waals surface area contributed by atoms with E-state index >= 15 is 0 Å². The Bertz CT molecular complexity index is 971. The number of carbonyl (C=O) groups excluding carboxylic acids is 1. The Kier molecular flexibility index (Phi) is 5.56. The lowest BCUT2D eigenvalue weighted by Gasteiger charge is -2.12. The standard InChI is InChI=1S/C21H22N4O2/c1-15-6-11-20(24-17-7-9-18(27-3)10-8-17)25(2)23-14-19(15)21(26)16-5-4-12-22-13-16/h4-14,23-24H,1-3H3. The summed E-state index contributed by atoms with van der Waals surface area (Å²) in [4.78, 5) is 16.8. The van der Waals surface area contributed by atoms with E-state index in [0.29, 0.717) is 11.1 Å². The quantitative estimate of drug-likeness (QED) is 0.669. The summed E-state index contributed by atoms with van der Waals surface area (Å²) >= 11 is 0. The zero-order valence-corrected chi connectivity index (χ0v) is 15.6. The van der Waals surface area contributed by atoms with E-state index < -0.39 is 0 Å². The van der Waals surface area contributed by atoms with Crippen molar-refractivity contribution in [1.82, 2.24) is 14.8 Å². The normalized spacial score (nSPS) is 10.2. The first kappa shape index (κ1) is 18.3. The molecule has 0 amide bonds. The Morgan fingerprint density at radius 2 is 1.93 bits per heavy atom. The molecule has 0 aliphatic rings. The second-order valence-corrected chi connectivity index (χ2v) is 6.07. The van der Waals surface area contributed by atoms with Crippen LogP contribution in [0.5, 0.6) is 5.75 Å². The fourth-order valence-corrected chi connectivity index (χ4v) is 2.60. The first-order valence-corrected chi connectivity index (χ1v) is 8.53. The van der Waals surface area contributed by atoms with Gasteiger partial charge in [0, 0.05) is 42.5 Å².